The molecule has 6 heteroatoms. The number of fused-ring (bicyclic) bond motifs is 1. The highest BCUT2D eigenvalue weighted by Gasteiger charge is 2.33. The normalized spacial score (nSPS) is 16.2. The first-order valence-electron chi connectivity index (χ1n) is 9.81. The standard InChI is InChI=1S/C24H22N2O3S/c1-4-29-23(28)20-16(3)25-24-26(21(20)18-8-6-5-7-9-18)22(27)19(30-24)14-17-12-10-15(2)11-13-17/h5-14,21H,4H2,1-3H3/b19-14-/t21-/m1/s1. The van der Waals surface area contributed by atoms with Crippen LogP contribution in [0.1, 0.15) is 36.6 Å². The summed E-state index contributed by atoms with van der Waals surface area (Å²) in [6.45, 7) is 5.84. The van der Waals surface area contributed by atoms with E-state index in [2.05, 4.69) is 4.99 Å². The van der Waals surface area contributed by atoms with Crippen LogP contribution in [0.15, 0.2) is 75.7 Å². The highest BCUT2D eigenvalue weighted by molar-refractivity contribution is 7.07. The molecular formula is C24H22N2O3S. The first kappa shape index (κ1) is 20.0. The van der Waals surface area contributed by atoms with Gasteiger partial charge in [-0.1, -0.05) is 71.5 Å². The van der Waals surface area contributed by atoms with E-state index < -0.39 is 12.0 Å². The fraction of sp³-hybridized carbons (Fsp3) is 0.208. The molecular weight excluding hydrogens is 396 g/mol. The molecule has 2 aromatic carbocycles. The second-order valence-electron chi connectivity index (χ2n) is 7.12. The highest BCUT2D eigenvalue weighted by atomic mass is 32.1. The van der Waals surface area contributed by atoms with E-state index in [0.29, 0.717) is 20.6 Å². The van der Waals surface area contributed by atoms with Crippen LogP contribution in [0.5, 0.6) is 0 Å². The number of rotatable bonds is 4. The largest absolute Gasteiger partial charge is 0.463 e. The summed E-state index contributed by atoms with van der Waals surface area (Å²) >= 11 is 1.33. The van der Waals surface area contributed by atoms with Gasteiger partial charge in [0.2, 0.25) is 0 Å². The quantitative estimate of drug-likeness (QED) is 0.612. The number of allylic oxidation sites excluding steroid dienone is 1. The summed E-state index contributed by atoms with van der Waals surface area (Å²) in [6, 6.07) is 17.0. The summed E-state index contributed by atoms with van der Waals surface area (Å²) in [4.78, 5) is 31.4. The van der Waals surface area contributed by atoms with Gasteiger partial charge in [0.15, 0.2) is 4.80 Å². The lowest BCUT2D eigenvalue weighted by atomic mass is 9.96. The van der Waals surface area contributed by atoms with E-state index in [4.69, 9.17) is 4.74 Å². The van der Waals surface area contributed by atoms with Crippen LogP contribution in [0, 0.1) is 6.92 Å². The maximum absolute atomic E-state index is 13.4. The van der Waals surface area contributed by atoms with Crippen molar-refractivity contribution in [3.63, 3.8) is 0 Å². The number of benzene rings is 2. The molecule has 0 bridgehead atoms. The molecule has 1 atom stereocenters. The van der Waals surface area contributed by atoms with Crippen molar-refractivity contribution in [3.05, 3.63) is 102 Å². The van der Waals surface area contributed by atoms with Crippen molar-refractivity contribution in [1.29, 1.82) is 0 Å². The number of aryl methyl sites for hydroxylation is 1. The van der Waals surface area contributed by atoms with E-state index in [9.17, 15) is 9.59 Å². The Balaban J connectivity index is 1.94. The summed E-state index contributed by atoms with van der Waals surface area (Å²) in [7, 11) is 0. The summed E-state index contributed by atoms with van der Waals surface area (Å²) in [5.74, 6) is -0.444. The minimum absolute atomic E-state index is 0.164. The van der Waals surface area contributed by atoms with Gasteiger partial charge in [-0.05, 0) is 38.0 Å². The number of thiazole rings is 1. The van der Waals surface area contributed by atoms with Crippen molar-refractivity contribution in [3.8, 4) is 0 Å². The molecule has 0 saturated carbocycles. The van der Waals surface area contributed by atoms with Crippen molar-refractivity contribution in [1.82, 2.24) is 4.57 Å². The van der Waals surface area contributed by atoms with Crippen molar-refractivity contribution >= 4 is 23.4 Å². The molecule has 30 heavy (non-hydrogen) atoms. The van der Waals surface area contributed by atoms with E-state index in [1.54, 1.807) is 18.4 Å². The predicted molar refractivity (Wildman–Crippen MR) is 118 cm³/mol. The Morgan fingerprint density at radius 1 is 1.13 bits per heavy atom. The lowest BCUT2D eigenvalue weighted by molar-refractivity contribution is -0.139. The molecule has 0 saturated heterocycles. The maximum atomic E-state index is 13.4. The predicted octanol–water partition coefficient (Wildman–Crippen LogP) is 3.11. The molecule has 2 heterocycles. The molecule has 1 aromatic heterocycles. The van der Waals surface area contributed by atoms with Gasteiger partial charge in [-0.15, -0.1) is 0 Å². The second-order valence-corrected chi connectivity index (χ2v) is 8.13. The minimum Gasteiger partial charge on any atom is -0.463 e. The molecule has 4 rings (SSSR count). The smallest absolute Gasteiger partial charge is 0.338 e. The van der Waals surface area contributed by atoms with Gasteiger partial charge in [0.25, 0.3) is 5.56 Å². The van der Waals surface area contributed by atoms with Gasteiger partial charge >= 0.3 is 5.97 Å². The zero-order valence-electron chi connectivity index (χ0n) is 17.1. The summed E-state index contributed by atoms with van der Waals surface area (Å²) in [5, 5.41) is 0. The van der Waals surface area contributed by atoms with E-state index >= 15 is 0 Å². The number of hydrogen-bond donors (Lipinski definition) is 0. The maximum Gasteiger partial charge on any atom is 0.338 e. The van der Waals surface area contributed by atoms with Crippen LogP contribution in [-0.2, 0) is 9.53 Å². The Hall–Kier alpha value is -3.25. The van der Waals surface area contributed by atoms with Crippen LogP contribution in [0.25, 0.3) is 6.08 Å². The lowest BCUT2D eigenvalue weighted by Crippen LogP contribution is -2.39. The van der Waals surface area contributed by atoms with Crippen LogP contribution in [0.2, 0.25) is 0 Å². The zero-order valence-corrected chi connectivity index (χ0v) is 17.9. The van der Waals surface area contributed by atoms with Crippen LogP contribution >= 0.6 is 11.3 Å². The highest BCUT2D eigenvalue weighted by Crippen LogP contribution is 2.30. The lowest BCUT2D eigenvalue weighted by Gasteiger charge is -2.24. The number of aromatic nitrogens is 1. The van der Waals surface area contributed by atoms with Crippen LogP contribution in [0.4, 0.5) is 0 Å². The minimum atomic E-state index is -0.568. The van der Waals surface area contributed by atoms with Crippen LogP contribution in [-0.4, -0.2) is 17.1 Å². The molecule has 3 aromatic rings. The van der Waals surface area contributed by atoms with Gasteiger partial charge in [-0.25, -0.2) is 9.79 Å². The Kier molecular flexibility index (Phi) is 5.50. The molecule has 1 aliphatic rings. The number of carbonyl (C=O) groups excluding carboxylic acids is 1. The molecule has 0 amide bonds. The molecule has 1 aliphatic heterocycles. The molecule has 0 unspecified atom stereocenters. The third kappa shape index (κ3) is 3.66. The van der Waals surface area contributed by atoms with E-state index in [1.165, 1.54) is 11.3 Å². The number of esters is 1. The third-order valence-corrected chi connectivity index (χ3v) is 5.99. The van der Waals surface area contributed by atoms with Gasteiger partial charge in [0.1, 0.15) is 0 Å². The Morgan fingerprint density at radius 2 is 1.83 bits per heavy atom. The van der Waals surface area contributed by atoms with E-state index in [1.807, 2.05) is 67.6 Å². The SMILES string of the molecule is CCOC(=O)C1=C(C)N=c2s/c(=C\c3ccc(C)cc3)c(=O)n2[C@@H]1c1ccccc1. The number of nitrogens with zero attached hydrogens (tertiary/aromatic N) is 2. The summed E-state index contributed by atoms with van der Waals surface area (Å²) in [5.41, 5.74) is 3.76. The second kappa shape index (κ2) is 8.24. The average Bonchev–Trinajstić information content (AvgIpc) is 3.04. The first-order chi connectivity index (χ1) is 14.5. The summed E-state index contributed by atoms with van der Waals surface area (Å²) < 4.78 is 7.49. The van der Waals surface area contributed by atoms with Crippen molar-refractivity contribution in [2.45, 2.75) is 26.8 Å². The Bertz CT molecular complexity index is 1300. The Morgan fingerprint density at radius 3 is 2.50 bits per heavy atom. The van der Waals surface area contributed by atoms with Gasteiger partial charge in [0, 0.05) is 0 Å². The molecule has 152 valence electrons. The summed E-state index contributed by atoms with van der Waals surface area (Å²) in [6.07, 6.45) is 1.87. The monoisotopic (exact) mass is 418 g/mol. The number of hydrogen-bond acceptors (Lipinski definition) is 5. The zero-order chi connectivity index (χ0) is 21.3. The van der Waals surface area contributed by atoms with Crippen LogP contribution in [0.3, 0.4) is 0 Å². The van der Waals surface area contributed by atoms with Gasteiger partial charge in [-0.3, -0.25) is 9.36 Å². The van der Waals surface area contributed by atoms with Gasteiger partial charge in [-0.2, -0.15) is 0 Å². The molecule has 0 radical (unpaired) electrons. The van der Waals surface area contributed by atoms with Gasteiger partial charge in [0.05, 0.1) is 28.5 Å². The van der Waals surface area contributed by atoms with Crippen molar-refractivity contribution in [2.24, 2.45) is 4.99 Å². The number of ether oxygens (including phenoxy) is 1. The molecule has 0 aliphatic carbocycles. The van der Waals surface area contributed by atoms with Gasteiger partial charge < -0.3 is 4.74 Å². The topological polar surface area (TPSA) is 60.7 Å². The average molecular weight is 419 g/mol. The first-order valence-corrected chi connectivity index (χ1v) is 10.6. The number of carbonyl (C=O) groups is 1. The fourth-order valence-corrected chi connectivity index (χ4v) is 4.60. The molecule has 5 nitrogen and oxygen atoms in total. The molecule has 0 spiro atoms. The van der Waals surface area contributed by atoms with Crippen molar-refractivity contribution < 1.29 is 9.53 Å². The van der Waals surface area contributed by atoms with Crippen LogP contribution < -0.4 is 14.9 Å². The Labute approximate surface area is 178 Å². The fourth-order valence-electron chi connectivity index (χ4n) is 3.56. The van der Waals surface area contributed by atoms with Crippen molar-refractivity contribution in [2.75, 3.05) is 6.61 Å². The molecule has 0 fully saturated rings. The third-order valence-electron chi connectivity index (χ3n) is 5.01. The molecule has 0 N–H and O–H groups in total. The van der Waals surface area contributed by atoms with E-state index in [-0.39, 0.29) is 12.2 Å². The van der Waals surface area contributed by atoms with E-state index in [0.717, 1.165) is 16.7 Å².